The molecule has 70 valence electrons. The minimum Gasteiger partial charge on any atom is -0.508 e. The molecule has 3 heteroatoms. The van der Waals surface area contributed by atoms with Gasteiger partial charge in [-0.05, 0) is 17.7 Å². The van der Waals surface area contributed by atoms with Crippen molar-refractivity contribution in [2.75, 3.05) is 13.1 Å². The molecule has 0 atom stereocenters. The van der Waals surface area contributed by atoms with Crippen LogP contribution < -0.4 is 5.73 Å². The standard InChI is InChI=1S/C10H14N2O/c11-9-6-12(7-9)5-8-2-1-3-10(13)4-8/h1-4,9,13H,5-7,11H2. The number of phenols is 1. The van der Waals surface area contributed by atoms with Crippen LogP contribution in [0.2, 0.25) is 0 Å². The Labute approximate surface area is 77.8 Å². The summed E-state index contributed by atoms with van der Waals surface area (Å²) in [5.74, 6) is 0.335. The van der Waals surface area contributed by atoms with E-state index in [0.717, 1.165) is 25.2 Å². The van der Waals surface area contributed by atoms with Crippen LogP contribution in [0, 0.1) is 0 Å². The van der Waals surface area contributed by atoms with Gasteiger partial charge in [0.1, 0.15) is 5.75 Å². The zero-order valence-electron chi connectivity index (χ0n) is 7.48. The maximum absolute atomic E-state index is 9.23. The zero-order valence-corrected chi connectivity index (χ0v) is 7.48. The van der Waals surface area contributed by atoms with E-state index in [1.807, 2.05) is 12.1 Å². The molecule has 1 aromatic carbocycles. The second kappa shape index (κ2) is 3.36. The molecule has 1 heterocycles. The van der Waals surface area contributed by atoms with Gasteiger partial charge in [0.2, 0.25) is 0 Å². The maximum atomic E-state index is 9.23. The predicted octanol–water partition coefficient (Wildman–Crippen LogP) is 0.535. The Bertz CT molecular complexity index is 295. The fraction of sp³-hybridized carbons (Fsp3) is 0.400. The van der Waals surface area contributed by atoms with Crippen molar-refractivity contribution in [3.63, 3.8) is 0 Å². The number of benzene rings is 1. The molecule has 0 saturated carbocycles. The maximum Gasteiger partial charge on any atom is 0.115 e. The normalized spacial score (nSPS) is 18.5. The summed E-state index contributed by atoms with van der Waals surface area (Å²) in [7, 11) is 0. The summed E-state index contributed by atoms with van der Waals surface area (Å²) >= 11 is 0. The predicted molar refractivity (Wildman–Crippen MR) is 51.4 cm³/mol. The number of hydrogen-bond acceptors (Lipinski definition) is 3. The molecule has 3 N–H and O–H groups in total. The molecular formula is C10H14N2O. The number of nitrogens with two attached hydrogens (primary N) is 1. The Kier molecular flexibility index (Phi) is 2.20. The Hall–Kier alpha value is -1.06. The average molecular weight is 178 g/mol. The van der Waals surface area contributed by atoms with Gasteiger partial charge in [0.25, 0.3) is 0 Å². The molecule has 2 rings (SSSR count). The second-order valence-electron chi connectivity index (χ2n) is 3.62. The van der Waals surface area contributed by atoms with E-state index >= 15 is 0 Å². The van der Waals surface area contributed by atoms with Crippen molar-refractivity contribution in [2.24, 2.45) is 5.73 Å². The third-order valence-corrected chi connectivity index (χ3v) is 2.30. The van der Waals surface area contributed by atoms with E-state index in [1.165, 1.54) is 0 Å². The molecule has 1 saturated heterocycles. The Morgan fingerprint density at radius 1 is 1.46 bits per heavy atom. The van der Waals surface area contributed by atoms with Gasteiger partial charge in [-0.3, -0.25) is 4.90 Å². The lowest BCUT2D eigenvalue weighted by molar-refractivity contribution is 0.142. The van der Waals surface area contributed by atoms with Gasteiger partial charge in [0.05, 0.1) is 0 Å². The first-order valence-corrected chi connectivity index (χ1v) is 4.50. The first-order valence-electron chi connectivity index (χ1n) is 4.50. The third-order valence-electron chi connectivity index (χ3n) is 2.30. The van der Waals surface area contributed by atoms with E-state index in [9.17, 15) is 5.11 Å². The number of hydrogen-bond donors (Lipinski definition) is 2. The zero-order chi connectivity index (χ0) is 9.26. The highest BCUT2D eigenvalue weighted by atomic mass is 16.3. The molecule has 0 spiro atoms. The number of rotatable bonds is 2. The molecular weight excluding hydrogens is 164 g/mol. The molecule has 1 aliphatic rings. The van der Waals surface area contributed by atoms with E-state index in [4.69, 9.17) is 5.73 Å². The summed E-state index contributed by atoms with van der Waals surface area (Å²) in [6, 6.07) is 7.71. The molecule has 3 nitrogen and oxygen atoms in total. The Balaban J connectivity index is 1.94. The van der Waals surface area contributed by atoms with Crippen LogP contribution in [0.1, 0.15) is 5.56 Å². The highest BCUT2D eigenvalue weighted by Crippen LogP contribution is 2.15. The van der Waals surface area contributed by atoms with E-state index < -0.39 is 0 Å². The van der Waals surface area contributed by atoms with Crippen LogP contribution in [-0.4, -0.2) is 29.1 Å². The minimum atomic E-state index is 0.335. The fourth-order valence-corrected chi connectivity index (χ4v) is 1.65. The van der Waals surface area contributed by atoms with Gasteiger partial charge in [-0.15, -0.1) is 0 Å². The molecule has 1 aromatic rings. The summed E-state index contributed by atoms with van der Waals surface area (Å²) < 4.78 is 0. The van der Waals surface area contributed by atoms with Gasteiger partial charge in [-0.25, -0.2) is 0 Å². The molecule has 0 radical (unpaired) electrons. The van der Waals surface area contributed by atoms with Crippen molar-refractivity contribution in [2.45, 2.75) is 12.6 Å². The fourth-order valence-electron chi connectivity index (χ4n) is 1.65. The molecule has 0 unspecified atom stereocenters. The van der Waals surface area contributed by atoms with Gasteiger partial charge in [-0.2, -0.15) is 0 Å². The lowest BCUT2D eigenvalue weighted by Gasteiger charge is -2.36. The van der Waals surface area contributed by atoms with Crippen LogP contribution in [0.15, 0.2) is 24.3 Å². The summed E-state index contributed by atoms with van der Waals surface area (Å²) in [5, 5.41) is 9.23. The molecule has 1 aliphatic heterocycles. The molecule has 0 bridgehead atoms. The van der Waals surface area contributed by atoms with Crippen molar-refractivity contribution in [1.29, 1.82) is 0 Å². The largest absolute Gasteiger partial charge is 0.508 e. The van der Waals surface area contributed by atoms with Crippen LogP contribution in [0.25, 0.3) is 0 Å². The van der Waals surface area contributed by atoms with Crippen molar-refractivity contribution >= 4 is 0 Å². The first-order chi connectivity index (χ1) is 6.24. The van der Waals surface area contributed by atoms with Gasteiger partial charge in [0.15, 0.2) is 0 Å². The summed E-state index contributed by atoms with van der Waals surface area (Å²) in [6.07, 6.45) is 0. The number of aromatic hydroxyl groups is 1. The Morgan fingerprint density at radius 3 is 2.85 bits per heavy atom. The average Bonchev–Trinajstić information content (AvgIpc) is 2.01. The highest BCUT2D eigenvalue weighted by Gasteiger charge is 2.22. The van der Waals surface area contributed by atoms with E-state index in [0.29, 0.717) is 11.8 Å². The van der Waals surface area contributed by atoms with E-state index in [1.54, 1.807) is 12.1 Å². The molecule has 0 aromatic heterocycles. The number of phenolic OH excluding ortho intramolecular Hbond substituents is 1. The van der Waals surface area contributed by atoms with Crippen LogP contribution in [0.3, 0.4) is 0 Å². The van der Waals surface area contributed by atoms with Gasteiger partial charge in [0, 0.05) is 25.7 Å². The van der Waals surface area contributed by atoms with E-state index in [-0.39, 0.29) is 0 Å². The molecule has 0 aliphatic carbocycles. The summed E-state index contributed by atoms with van der Waals surface area (Å²) in [6.45, 7) is 2.83. The van der Waals surface area contributed by atoms with Crippen LogP contribution in [-0.2, 0) is 6.54 Å². The molecule has 0 amide bonds. The lowest BCUT2D eigenvalue weighted by Crippen LogP contribution is -2.54. The van der Waals surface area contributed by atoms with Crippen LogP contribution in [0.4, 0.5) is 0 Å². The highest BCUT2D eigenvalue weighted by molar-refractivity contribution is 5.27. The van der Waals surface area contributed by atoms with Crippen LogP contribution >= 0.6 is 0 Å². The van der Waals surface area contributed by atoms with Crippen molar-refractivity contribution < 1.29 is 5.11 Å². The molecule has 13 heavy (non-hydrogen) atoms. The monoisotopic (exact) mass is 178 g/mol. The third kappa shape index (κ3) is 1.99. The second-order valence-corrected chi connectivity index (χ2v) is 3.62. The van der Waals surface area contributed by atoms with E-state index in [2.05, 4.69) is 4.90 Å². The van der Waals surface area contributed by atoms with Crippen LogP contribution in [0.5, 0.6) is 5.75 Å². The van der Waals surface area contributed by atoms with Gasteiger partial charge >= 0.3 is 0 Å². The first kappa shape index (κ1) is 8.53. The van der Waals surface area contributed by atoms with Crippen molar-refractivity contribution in [3.8, 4) is 5.75 Å². The quantitative estimate of drug-likeness (QED) is 0.694. The molecule has 1 fully saturated rings. The minimum absolute atomic E-state index is 0.335. The van der Waals surface area contributed by atoms with Crippen molar-refractivity contribution in [3.05, 3.63) is 29.8 Å². The lowest BCUT2D eigenvalue weighted by atomic mass is 10.1. The SMILES string of the molecule is NC1CN(Cc2cccc(O)c2)C1. The summed E-state index contributed by atoms with van der Waals surface area (Å²) in [5.41, 5.74) is 6.81. The smallest absolute Gasteiger partial charge is 0.115 e. The number of nitrogens with zero attached hydrogens (tertiary/aromatic N) is 1. The van der Waals surface area contributed by atoms with Crippen molar-refractivity contribution in [1.82, 2.24) is 4.90 Å². The van der Waals surface area contributed by atoms with Gasteiger partial charge < -0.3 is 10.8 Å². The summed E-state index contributed by atoms with van der Waals surface area (Å²) in [4.78, 5) is 2.26. The number of likely N-dealkylation sites (tertiary alicyclic amines) is 1. The topological polar surface area (TPSA) is 49.5 Å². The van der Waals surface area contributed by atoms with Gasteiger partial charge in [-0.1, -0.05) is 12.1 Å². The Morgan fingerprint density at radius 2 is 2.23 bits per heavy atom.